The summed E-state index contributed by atoms with van der Waals surface area (Å²) in [7, 11) is 0. The van der Waals surface area contributed by atoms with E-state index in [1.807, 2.05) is 0 Å². The zero-order valence-corrected chi connectivity index (χ0v) is 14.2. The van der Waals surface area contributed by atoms with Crippen molar-refractivity contribution < 1.29 is 0 Å². The number of nitrogens with one attached hydrogen (secondary N) is 1. The number of hydrogen-bond donors (Lipinski definition) is 1. The molecule has 0 fully saturated rings. The summed E-state index contributed by atoms with van der Waals surface area (Å²) in [5, 5.41) is 3.55. The van der Waals surface area contributed by atoms with Crippen LogP contribution in [0.15, 0.2) is 24.3 Å². The third kappa shape index (κ3) is 4.23. The van der Waals surface area contributed by atoms with Crippen LogP contribution in [0.5, 0.6) is 0 Å². The zero-order valence-electron chi connectivity index (χ0n) is 14.2. The van der Waals surface area contributed by atoms with E-state index >= 15 is 0 Å². The lowest BCUT2D eigenvalue weighted by Crippen LogP contribution is -2.41. The topological polar surface area (TPSA) is 15.3 Å². The summed E-state index contributed by atoms with van der Waals surface area (Å²) in [6.45, 7) is 12.9. The first-order valence-electron chi connectivity index (χ1n) is 8.72. The Hall–Kier alpha value is -1.02. The van der Waals surface area contributed by atoms with Gasteiger partial charge in [0.25, 0.3) is 0 Å². The lowest BCUT2D eigenvalue weighted by atomic mass is 9.89. The van der Waals surface area contributed by atoms with Crippen molar-refractivity contribution in [3.8, 4) is 0 Å². The van der Waals surface area contributed by atoms with Crippen molar-refractivity contribution in [2.45, 2.75) is 58.9 Å². The Morgan fingerprint density at radius 2 is 1.90 bits per heavy atom. The quantitative estimate of drug-likeness (QED) is 0.780. The Morgan fingerprint density at radius 3 is 2.57 bits per heavy atom. The van der Waals surface area contributed by atoms with Crippen molar-refractivity contribution >= 4 is 5.69 Å². The first kappa shape index (κ1) is 16.4. The minimum absolute atomic E-state index is 0.682. The number of nitrogens with zero attached hydrogens (tertiary/aromatic N) is 1. The highest BCUT2D eigenvalue weighted by molar-refractivity contribution is 5.54. The van der Waals surface area contributed by atoms with Gasteiger partial charge in [0.15, 0.2) is 0 Å². The molecule has 2 rings (SSSR count). The highest BCUT2D eigenvalue weighted by Crippen LogP contribution is 2.32. The van der Waals surface area contributed by atoms with Gasteiger partial charge in [-0.1, -0.05) is 45.9 Å². The van der Waals surface area contributed by atoms with Gasteiger partial charge in [0.2, 0.25) is 0 Å². The van der Waals surface area contributed by atoms with Crippen molar-refractivity contribution in [1.82, 2.24) is 4.90 Å². The third-order valence-corrected chi connectivity index (χ3v) is 4.72. The second-order valence-electron chi connectivity index (χ2n) is 6.82. The van der Waals surface area contributed by atoms with Crippen LogP contribution < -0.4 is 5.32 Å². The lowest BCUT2D eigenvalue weighted by molar-refractivity contribution is 0.153. The van der Waals surface area contributed by atoms with Crippen LogP contribution in [-0.2, 0) is 0 Å². The number of hydrogen-bond acceptors (Lipinski definition) is 2. The van der Waals surface area contributed by atoms with Crippen molar-refractivity contribution in [3.05, 3.63) is 29.8 Å². The number of benzene rings is 1. The average Bonchev–Trinajstić information content (AvgIpc) is 2.48. The Balaban J connectivity index is 2.13. The fourth-order valence-corrected chi connectivity index (χ4v) is 3.67. The molecule has 1 aliphatic heterocycles. The number of para-hydroxylation sites is 1. The largest absolute Gasteiger partial charge is 0.385 e. The molecule has 0 aliphatic carbocycles. The van der Waals surface area contributed by atoms with Crippen LogP contribution in [0.25, 0.3) is 0 Å². The zero-order chi connectivity index (χ0) is 15.2. The predicted octanol–water partition coefficient (Wildman–Crippen LogP) is 4.73. The van der Waals surface area contributed by atoms with Crippen LogP contribution in [-0.4, -0.2) is 30.6 Å². The molecular weight excluding hydrogens is 256 g/mol. The molecule has 21 heavy (non-hydrogen) atoms. The minimum atomic E-state index is 0.682. The molecule has 0 aromatic heterocycles. The first-order valence-corrected chi connectivity index (χ1v) is 8.72. The average molecular weight is 288 g/mol. The van der Waals surface area contributed by atoms with E-state index in [0.29, 0.717) is 5.92 Å². The van der Waals surface area contributed by atoms with Gasteiger partial charge in [-0.2, -0.15) is 0 Å². The van der Waals surface area contributed by atoms with Gasteiger partial charge in [0, 0.05) is 37.3 Å². The van der Waals surface area contributed by atoms with Gasteiger partial charge < -0.3 is 5.32 Å². The first-order chi connectivity index (χ1) is 10.2. The maximum Gasteiger partial charge on any atom is 0.0376 e. The van der Waals surface area contributed by atoms with E-state index < -0.39 is 0 Å². The second-order valence-corrected chi connectivity index (χ2v) is 6.82. The summed E-state index contributed by atoms with van der Waals surface area (Å²) in [6, 6.07) is 9.59. The predicted molar refractivity (Wildman–Crippen MR) is 93.1 cm³/mol. The summed E-state index contributed by atoms with van der Waals surface area (Å²) < 4.78 is 0. The Bertz CT molecular complexity index is 423. The molecule has 2 heteroatoms. The standard InChI is InChI=1S/C19H32N2/c1-5-17(6-2)21(13-15(3)4)14-16-11-12-20-19-10-8-7-9-18(16)19/h7-10,15-17,20H,5-6,11-14H2,1-4H3. The highest BCUT2D eigenvalue weighted by Gasteiger charge is 2.25. The van der Waals surface area contributed by atoms with E-state index in [2.05, 4.69) is 62.2 Å². The van der Waals surface area contributed by atoms with Crippen molar-refractivity contribution in [1.29, 1.82) is 0 Å². The summed E-state index contributed by atoms with van der Waals surface area (Å²) in [5.74, 6) is 1.42. The molecule has 1 aromatic carbocycles. The maximum atomic E-state index is 3.55. The molecule has 0 radical (unpaired) electrons. The summed E-state index contributed by atoms with van der Waals surface area (Å²) >= 11 is 0. The van der Waals surface area contributed by atoms with E-state index in [1.54, 1.807) is 0 Å². The van der Waals surface area contributed by atoms with Crippen molar-refractivity contribution in [2.24, 2.45) is 5.92 Å². The summed E-state index contributed by atoms with van der Waals surface area (Å²) in [5.41, 5.74) is 2.87. The molecule has 0 saturated heterocycles. The lowest BCUT2D eigenvalue weighted by Gasteiger charge is -2.37. The number of anilines is 1. The molecule has 0 bridgehead atoms. The van der Waals surface area contributed by atoms with E-state index in [-0.39, 0.29) is 0 Å². The molecule has 0 spiro atoms. The molecule has 1 N–H and O–H groups in total. The normalized spacial score (nSPS) is 18.1. The Kier molecular flexibility index (Phi) is 6.10. The van der Waals surface area contributed by atoms with Crippen molar-refractivity contribution in [3.63, 3.8) is 0 Å². The van der Waals surface area contributed by atoms with E-state index in [1.165, 1.54) is 43.6 Å². The molecule has 0 saturated carbocycles. The molecule has 1 atom stereocenters. The molecule has 1 unspecified atom stereocenters. The highest BCUT2D eigenvalue weighted by atomic mass is 15.2. The molecular formula is C19H32N2. The van der Waals surface area contributed by atoms with Crippen LogP contribution in [0.3, 0.4) is 0 Å². The van der Waals surface area contributed by atoms with Gasteiger partial charge >= 0.3 is 0 Å². The Morgan fingerprint density at radius 1 is 1.19 bits per heavy atom. The van der Waals surface area contributed by atoms with Crippen LogP contribution in [0.4, 0.5) is 5.69 Å². The van der Waals surface area contributed by atoms with Crippen LogP contribution in [0.2, 0.25) is 0 Å². The van der Waals surface area contributed by atoms with E-state index in [9.17, 15) is 0 Å². The van der Waals surface area contributed by atoms with Gasteiger partial charge in [-0.15, -0.1) is 0 Å². The molecule has 1 aliphatic rings. The third-order valence-electron chi connectivity index (χ3n) is 4.72. The summed E-state index contributed by atoms with van der Waals surface area (Å²) in [6.07, 6.45) is 3.78. The maximum absolute atomic E-state index is 3.55. The fraction of sp³-hybridized carbons (Fsp3) is 0.684. The fourth-order valence-electron chi connectivity index (χ4n) is 3.67. The summed E-state index contributed by atoms with van der Waals surface area (Å²) in [4.78, 5) is 2.75. The van der Waals surface area contributed by atoms with Gasteiger partial charge in [-0.3, -0.25) is 4.90 Å². The molecule has 118 valence electrons. The molecule has 2 nitrogen and oxygen atoms in total. The molecule has 1 heterocycles. The van der Waals surface area contributed by atoms with E-state index in [0.717, 1.165) is 18.5 Å². The van der Waals surface area contributed by atoms with Gasteiger partial charge in [0.1, 0.15) is 0 Å². The van der Waals surface area contributed by atoms with Crippen molar-refractivity contribution in [2.75, 3.05) is 25.0 Å². The smallest absolute Gasteiger partial charge is 0.0376 e. The Labute approximate surface area is 130 Å². The number of fused-ring (bicyclic) bond motifs is 1. The monoisotopic (exact) mass is 288 g/mol. The van der Waals surface area contributed by atoms with Gasteiger partial charge in [0.05, 0.1) is 0 Å². The minimum Gasteiger partial charge on any atom is -0.385 e. The van der Waals surface area contributed by atoms with Crippen LogP contribution in [0, 0.1) is 5.92 Å². The molecule has 0 amide bonds. The van der Waals surface area contributed by atoms with Crippen LogP contribution in [0.1, 0.15) is 58.4 Å². The SMILES string of the molecule is CCC(CC)N(CC(C)C)CC1CCNc2ccccc21. The van der Waals surface area contributed by atoms with Gasteiger partial charge in [-0.25, -0.2) is 0 Å². The van der Waals surface area contributed by atoms with E-state index in [4.69, 9.17) is 0 Å². The number of rotatable bonds is 7. The van der Waals surface area contributed by atoms with Crippen LogP contribution >= 0.6 is 0 Å². The molecule has 1 aromatic rings. The van der Waals surface area contributed by atoms with Gasteiger partial charge in [-0.05, 0) is 36.8 Å². The second kappa shape index (κ2) is 7.84.